The van der Waals surface area contributed by atoms with Crippen molar-refractivity contribution in [2.24, 2.45) is 5.73 Å². The molecule has 4 heteroatoms. The van der Waals surface area contributed by atoms with E-state index in [-0.39, 0.29) is 17.5 Å². The summed E-state index contributed by atoms with van der Waals surface area (Å²) in [6.07, 6.45) is 1.65. The number of hydrogen-bond donors (Lipinski definition) is 2. The first-order valence-electron chi connectivity index (χ1n) is 5.81. The van der Waals surface area contributed by atoms with Gasteiger partial charge in [0.1, 0.15) is 5.82 Å². The number of nitrogens with one attached hydrogen (secondary N) is 1. The first kappa shape index (κ1) is 13.6. The Hall–Kier alpha value is -1.42. The molecule has 3 N–H and O–H groups in total. The molecule has 0 radical (unpaired) electrons. The Morgan fingerprint density at radius 1 is 1.53 bits per heavy atom. The van der Waals surface area contributed by atoms with Gasteiger partial charge in [0.05, 0.1) is 5.56 Å². The molecule has 0 bridgehead atoms. The number of carbonyl (C=O) groups is 1. The molecule has 0 spiro atoms. The van der Waals surface area contributed by atoms with Gasteiger partial charge in [0.15, 0.2) is 0 Å². The molecule has 0 aliphatic carbocycles. The minimum absolute atomic E-state index is 0.00552. The third-order valence-electron chi connectivity index (χ3n) is 2.59. The van der Waals surface area contributed by atoms with E-state index in [1.807, 2.05) is 13.8 Å². The van der Waals surface area contributed by atoms with E-state index in [9.17, 15) is 9.18 Å². The van der Waals surface area contributed by atoms with E-state index in [4.69, 9.17) is 5.73 Å². The maximum absolute atomic E-state index is 13.4. The van der Waals surface area contributed by atoms with Crippen molar-refractivity contribution in [2.45, 2.75) is 32.7 Å². The largest absolute Gasteiger partial charge is 0.349 e. The topological polar surface area (TPSA) is 55.1 Å². The van der Waals surface area contributed by atoms with Crippen LogP contribution in [0.2, 0.25) is 0 Å². The quantitative estimate of drug-likeness (QED) is 0.824. The number of carbonyl (C=O) groups excluding carboxylic acids is 1. The summed E-state index contributed by atoms with van der Waals surface area (Å²) >= 11 is 0. The van der Waals surface area contributed by atoms with E-state index in [2.05, 4.69) is 5.32 Å². The first-order chi connectivity index (χ1) is 8.04. The summed E-state index contributed by atoms with van der Waals surface area (Å²) in [4.78, 5) is 11.8. The van der Waals surface area contributed by atoms with Crippen LogP contribution in [-0.2, 0) is 0 Å². The minimum atomic E-state index is -0.487. The molecule has 1 aromatic carbocycles. The molecule has 0 aliphatic heterocycles. The fourth-order valence-electron chi connectivity index (χ4n) is 1.61. The van der Waals surface area contributed by atoms with Crippen molar-refractivity contribution in [3.63, 3.8) is 0 Å². The van der Waals surface area contributed by atoms with Gasteiger partial charge in [0.2, 0.25) is 0 Å². The Balaban J connectivity index is 2.66. The van der Waals surface area contributed by atoms with Crippen LogP contribution in [0.4, 0.5) is 4.39 Å². The van der Waals surface area contributed by atoms with E-state index in [0.717, 1.165) is 18.4 Å². The summed E-state index contributed by atoms with van der Waals surface area (Å²) in [5, 5.41) is 2.76. The predicted octanol–water partition coefficient (Wildman–Crippen LogP) is 1.99. The summed E-state index contributed by atoms with van der Waals surface area (Å²) in [6.45, 7) is 4.31. The smallest absolute Gasteiger partial charge is 0.254 e. The van der Waals surface area contributed by atoms with Gasteiger partial charge in [-0.15, -0.1) is 0 Å². The van der Waals surface area contributed by atoms with Crippen LogP contribution in [-0.4, -0.2) is 18.5 Å². The molecule has 3 nitrogen and oxygen atoms in total. The lowest BCUT2D eigenvalue weighted by Crippen LogP contribution is -2.33. The Bertz CT molecular complexity index is 393. The Morgan fingerprint density at radius 3 is 2.88 bits per heavy atom. The van der Waals surface area contributed by atoms with Crippen LogP contribution in [0.5, 0.6) is 0 Å². The highest BCUT2D eigenvalue weighted by Gasteiger charge is 2.13. The second-order valence-corrected chi connectivity index (χ2v) is 4.29. The maximum atomic E-state index is 13.4. The van der Waals surface area contributed by atoms with Gasteiger partial charge < -0.3 is 11.1 Å². The average molecular weight is 238 g/mol. The average Bonchev–Trinajstić information content (AvgIpc) is 2.29. The number of amides is 1. The van der Waals surface area contributed by atoms with E-state index in [0.29, 0.717) is 6.54 Å². The second-order valence-electron chi connectivity index (χ2n) is 4.29. The van der Waals surface area contributed by atoms with Crippen molar-refractivity contribution < 1.29 is 9.18 Å². The second kappa shape index (κ2) is 6.35. The first-order valence-corrected chi connectivity index (χ1v) is 5.81. The molecule has 1 aromatic rings. The molecular formula is C13H19FN2O. The molecule has 1 unspecified atom stereocenters. The van der Waals surface area contributed by atoms with Gasteiger partial charge in [-0.2, -0.15) is 0 Å². The molecule has 17 heavy (non-hydrogen) atoms. The maximum Gasteiger partial charge on any atom is 0.254 e. The van der Waals surface area contributed by atoms with E-state index < -0.39 is 5.82 Å². The number of rotatable bonds is 5. The van der Waals surface area contributed by atoms with Crippen molar-refractivity contribution in [3.8, 4) is 0 Å². The zero-order chi connectivity index (χ0) is 12.8. The molecule has 94 valence electrons. The fraction of sp³-hybridized carbons (Fsp3) is 0.462. The van der Waals surface area contributed by atoms with Crippen molar-refractivity contribution >= 4 is 5.91 Å². The van der Waals surface area contributed by atoms with Gasteiger partial charge in [0, 0.05) is 6.04 Å². The van der Waals surface area contributed by atoms with Crippen LogP contribution in [0.15, 0.2) is 18.2 Å². The minimum Gasteiger partial charge on any atom is -0.349 e. The number of nitrogens with two attached hydrogens (primary N) is 1. The number of aryl methyl sites for hydroxylation is 1. The summed E-state index contributed by atoms with van der Waals surface area (Å²) in [7, 11) is 0. The zero-order valence-corrected chi connectivity index (χ0v) is 10.3. The van der Waals surface area contributed by atoms with E-state index in [1.165, 1.54) is 6.07 Å². The van der Waals surface area contributed by atoms with Crippen molar-refractivity contribution in [2.75, 3.05) is 6.54 Å². The van der Waals surface area contributed by atoms with Gasteiger partial charge in [-0.05, 0) is 45.4 Å². The van der Waals surface area contributed by atoms with Gasteiger partial charge in [-0.25, -0.2) is 4.39 Å². The van der Waals surface area contributed by atoms with Gasteiger partial charge in [-0.3, -0.25) is 4.79 Å². The third-order valence-corrected chi connectivity index (χ3v) is 2.59. The molecule has 0 heterocycles. The number of halogens is 1. The lowest BCUT2D eigenvalue weighted by Gasteiger charge is -2.13. The van der Waals surface area contributed by atoms with Gasteiger partial charge >= 0.3 is 0 Å². The molecule has 1 rings (SSSR count). The number of benzene rings is 1. The highest BCUT2D eigenvalue weighted by molar-refractivity contribution is 5.94. The molecule has 0 aliphatic rings. The lowest BCUT2D eigenvalue weighted by molar-refractivity contribution is 0.0934. The Kier molecular flexibility index (Phi) is 5.10. The molecule has 1 atom stereocenters. The van der Waals surface area contributed by atoms with Gasteiger partial charge in [-0.1, -0.05) is 11.6 Å². The summed E-state index contributed by atoms with van der Waals surface area (Å²) in [5.74, 6) is -0.852. The predicted molar refractivity (Wildman–Crippen MR) is 66.4 cm³/mol. The number of hydrogen-bond acceptors (Lipinski definition) is 2. The van der Waals surface area contributed by atoms with E-state index in [1.54, 1.807) is 12.1 Å². The van der Waals surface area contributed by atoms with Crippen LogP contribution < -0.4 is 11.1 Å². The van der Waals surface area contributed by atoms with E-state index >= 15 is 0 Å². The van der Waals surface area contributed by atoms with Crippen LogP contribution in [0, 0.1) is 12.7 Å². The van der Waals surface area contributed by atoms with Crippen LogP contribution >= 0.6 is 0 Å². The van der Waals surface area contributed by atoms with Crippen LogP contribution in [0.1, 0.15) is 35.7 Å². The highest BCUT2D eigenvalue weighted by Crippen LogP contribution is 2.10. The summed E-state index contributed by atoms with van der Waals surface area (Å²) in [6, 6.07) is 4.52. The van der Waals surface area contributed by atoms with Crippen LogP contribution in [0.25, 0.3) is 0 Å². The van der Waals surface area contributed by atoms with Crippen molar-refractivity contribution in [1.29, 1.82) is 0 Å². The summed E-state index contributed by atoms with van der Waals surface area (Å²) < 4.78 is 13.4. The summed E-state index contributed by atoms with van der Waals surface area (Å²) in [5.41, 5.74) is 6.36. The van der Waals surface area contributed by atoms with Gasteiger partial charge in [0.25, 0.3) is 5.91 Å². The normalized spacial score (nSPS) is 12.2. The monoisotopic (exact) mass is 238 g/mol. The third kappa shape index (κ3) is 4.15. The zero-order valence-electron chi connectivity index (χ0n) is 10.3. The Labute approximate surface area is 101 Å². The fourth-order valence-corrected chi connectivity index (χ4v) is 1.61. The molecule has 0 saturated heterocycles. The highest BCUT2D eigenvalue weighted by atomic mass is 19.1. The van der Waals surface area contributed by atoms with Crippen LogP contribution in [0.3, 0.4) is 0 Å². The van der Waals surface area contributed by atoms with Crippen molar-refractivity contribution in [1.82, 2.24) is 5.32 Å². The SMILES string of the molecule is Cc1ccc(F)c(C(=O)NC(C)CCCN)c1. The molecular weight excluding hydrogens is 219 g/mol. The van der Waals surface area contributed by atoms with Crippen molar-refractivity contribution in [3.05, 3.63) is 35.1 Å². The molecule has 0 aromatic heterocycles. The molecule has 0 saturated carbocycles. The molecule has 1 amide bonds. The Morgan fingerprint density at radius 2 is 2.24 bits per heavy atom. The lowest BCUT2D eigenvalue weighted by atomic mass is 10.1. The standard InChI is InChI=1S/C13H19FN2O/c1-9-5-6-12(14)11(8-9)13(17)16-10(2)4-3-7-15/h5-6,8,10H,3-4,7,15H2,1-2H3,(H,16,17). The molecule has 0 fully saturated rings.